The van der Waals surface area contributed by atoms with Crippen molar-refractivity contribution >= 4 is 17.3 Å². The Morgan fingerprint density at radius 2 is 1.77 bits per heavy atom. The second-order valence-corrected chi connectivity index (χ2v) is 7.55. The van der Waals surface area contributed by atoms with Gasteiger partial charge in [0.1, 0.15) is 17.7 Å². The molecule has 1 amide bonds. The van der Waals surface area contributed by atoms with E-state index in [1.165, 1.54) is 12.1 Å². The van der Waals surface area contributed by atoms with E-state index < -0.39 is 11.6 Å². The first-order chi connectivity index (χ1) is 14.3. The van der Waals surface area contributed by atoms with Gasteiger partial charge in [0.25, 0.3) is 0 Å². The number of nitrogens with zero attached hydrogens (tertiary/aromatic N) is 5. The molecule has 1 aliphatic heterocycles. The lowest BCUT2D eigenvalue weighted by Crippen LogP contribution is -2.44. The average molecular weight is 428 g/mol. The lowest BCUT2D eigenvalue weighted by Gasteiger charge is -2.34. The van der Waals surface area contributed by atoms with E-state index in [1.54, 1.807) is 10.9 Å². The number of hydrogen-bond acceptors (Lipinski definition) is 5. The van der Waals surface area contributed by atoms with Gasteiger partial charge in [-0.1, -0.05) is 12.6 Å². The van der Waals surface area contributed by atoms with Crippen LogP contribution < -0.4 is 10.2 Å². The molecule has 164 valence electrons. The standard InChI is InChI=1S/C21H22F2N6O.CH4/c1-12-20-19(28(3)13(2)21(30)25-20)9-17(24-12)4-5-18-11-29(27-26-18)10-14-6-15(22)8-16(23)7-14;/h6-9,11,13H,4-5,10H2,1-3H3,(H,25,30);1H4/t13-;/m0./s1. The van der Waals surface area contributed by atoms with Crippen molar-refractivity contribution in [3.05, 3.63) is 64.7 Å². The molecule has 0 fully saturated rings. The number of likely N-dealkylation sites (N-methyl/N-ethyl adjacent to an activating group) is 1. The van der Waals surface area contributed by atoms with E-state index in [9.17, 15) is 13.6 Å². The minimum atomic E-state index is -0.616. The van der Waals surface area contributed by atoms with E-state index in [0.717, 1.165) is 34.5 Å². The normalized spacial score (nSPS) is 15.3. The molecule has 0 saturated heterocycles. The van der Waals surface area contributed by atoms with Gasteiger partial charge in [-0.25, -0.2) is 13.5 Å². The maximum Gasteiger partial charge on any atom is 0.246 e. The summed E-state index contributed by atoms with van der Waals surface area (Å²) in [5, 5.41) is 11.1. The number of nitrogens with one attached hydrogen (secondary N) is 1. The molecule has 0 aliphatic carbocycles. The zero-order chi connectivity index (χ0) is 21.4. The third kappa shape index (κ3) is 4.70. The molecule has 2 aromatic heterocycles. The summed E-state index contributed by atoms with van der Waals surface area (Å²) in [4.78, 5) is 18.6. The Kier molecular flexibility index (Phi) is 6.33. The number of carbonyl (C=O) groups excluding carboxylic acids is 1. The van der Waals surface area contributed by atoms with Gasteiger partial charge in [-0.15, -0.1) is 5.10 Å². The second-order valence-electron chi connectivity index (χ2n) is 7.55. The zero-order valence-corrected chi connectivity index (χ0v) is 17.0. The summed E-state index contributed by atoms with van der Waals surface area (Å²) in [5.74, 6) is -1.28. The van der Waals surface area contributed by atoms with Crippen molar-refractivity contribution < 1.29 is 13.6 Å². The maximum absolute atomic E-state index is 13.4. The van der Waals surface area contributed by atoms with Crippen LogP contribution >= 0.6 is 0 Å². The fraction of sp³-hybridized carbons (Fsp3) is 0.364. The molecule has 1 aliphatic rings. The topological polar surface area (TPSA) is 75.9 Å². The molecule has 1 N–H and O–H groups in total. The van der Waals surface area contributed by atoms with Gasteiger partial charge in [0, 0.05) is 25.0 Å². The second kappa shape index (κ2) is 8.79. The van der Waals surface area contributed by atoms with Crippen molar-refractivity contribution in [3.63, 3.8) is 0 Å². The number of pyridine rings is 1. The fourth-order valence-corrected chi connectivity index (χ4v) is 3.57. The first-order valence-electron chi connectivity index (χ1n) is 9.68. The van der Waals surface area contributed by atoms with Gasteiger partial charge in [0.15, 0.2) is 0 Å². The zero-order valence-electron chi connectivity index (χ0n) is 17.0. The van der Waals surface area contributed by atoms with Gasteiger partial charge in [0.2, 0.25) is 5.91 Å². The molecular formula is C22H26F2N6O. The van der Waals surface area contributed by atoms with E-state index in [2.05, 4.69) is 20.6 Å². The van der Waals surface area contributed by atoms with Gasteiger partial charge in [0.05, 0.1) is 29.3 Å². The molecule has 0 bridgehead atoms. The minimum absolute atomic E-state index is 0. The van der Waals surface area contributed by atoms with Crippen LogP contribution in [-0.2, 0) is 24.2 Å². The number of anilines is 2. The van der Waals surface area contributed by atoms with Crippen molar-refractivity contribution in [1.82, 2.24) is 20.0 Å². The van der Waals surface area contributed by atoms with Crippen molar-refractivity contribution in [2.24, 2.45) is 0 Å². The first kappa shape index (κ1) is 22.3. The number of benzene rings is 1. The Balaban J connectivity index is 0.00000272. The Labute approximate surface area is 180 Å². The molecule has 0 spiro atoms. The van der Waals surface area contributed by atoms with Crippen LogP contribution in [-0.4, -0.2) is 39.0 Å². The molecule has 4 rings (SSSR count). The van der Waals surface area contributed by atoms with E-state index in [1.807, 2.05) is 31.9 Å². The Bertz CT molecular complexity index is 1090. The molecule has 0 saturated carbocycles. The van der Waals surface area contributed by atoms with Crippen molar-refractivity contribution in [1.29, 1.82) is 0 Å². The summed E-state index contributed by atoms with van der Waals surface area (Å²) < 4.78 is 28.3. The largest absolute Gasteiger partial charge is 0.361 e. The first-order valence-corrected chi connectivity index (χ1v) is 9.68. The molecule has 31 heavy (non-hydrogen) atoms. The third-order valence-electron chi connectivity index (χ3n) is 5.31. The Hall–Kier alpha value is -3.36. The fourth-order valence-electron chi connectivity index (χ4n) is 3.57. The summed E-state index contributed by atoms with van der Waals surface area (Å²) >= 11 is 0. The lowest BCUT2D eigenvalue weighted by molar-refractivity contribution is -0.117. The number of rotatable bonds is 5. The SMILES string of the molecule is C.Cc1nc(CCc2cn(Cc3cc(F)cc(F)c3)nn2)cc2c1NC(=O)[C@H](C)N2C. The quantitative estimate of drug-likeness (QED) is 0.673. The number of hydrogen-bond donors (Lipinski definition) is 1. The molecule has 0 unspecified atom stereocenters. The highest BCUT2D eigenvalue weighted by Crippen LogP contribution is 2.33. The number of aromatic nitrogens is 4. The monoisotopic (exact) mass is 428 g/mol. The van der Waals surface area contributed by atoms with E-state index in [4.69, 9.17) is 0 Å². The smallest absolute Gasteiger partial charge is 0.246 e. The number of aryl methyl sites for hydroxylation is 3. The summed E-state index contributed by atoms with van der Waals surface area (Å²) in [6.45, 7) is 3.97. The summed E-state index contributed by atoms with van der Waals surface area (Å²) in [5.41, 5.74) is 4.60. The van der Waals surface area contributed by atoms with Gasteiger partial charge in [-0.2, -0.15) is 0 Å². The molecule has 3 aromatic rings. The van der Waals surface area contributed by atoms with Gasteiger partial charge in [-0.05, 0) is 50.5 Å². The van der Waals surface area contributed by atoms with Crippen molar-refractivity contribution in [3.8, 4) is 0 Å². The van der Waals surface area contributed by atoms with Crippen LogP contribution in [0.15, 0.2) is 30.5 Å². The Morgan fingerprint density at radius 1 is 1.10 bits per heavy atom. The number of halogens is 2. The molecule has 9 heteroatoms. The van der Waals surface area contributed by atoms with Crippen LogP contribution in [0.4, 0.5) is 20.2 Å². The summed E-state index contributed by atoms with van der Waals surface area (Å²) in [7, 11) is 1.90. The summed E-state index contributed by atoms with van der Waals surface area (Å²) in [6.07, 6.45) is 3.04. The highest BCUT2D eigenvalue weighted by Gasteiger charge is 2.28. The Morgan fingerprint density at radius 3 is 2.48 bits per heavy atom. The molecular weight excluding hydrogens is 402 g/mol. The van der Waals surface area contributed by atoms with Gasteiger partial charge >= 0.3 is 0 Å². The highest BCUT2D eigenvalue weighted by atomic mass is 19.1. The lowest BCUT2D eigenvalue weighted by atomic mass is 10.1. The van der Waals surface area contributed by atoms with Crippen LogP contribution in [0.2, 0.25) is 0 Å². The van der Waals surface area contributed by atoms with Crippen LogP contribution in [0.25, 0.3) is 0 Å². The minimum Gasteiger partial charge on any atom is -0.361 e. The predicted octanol–water partition coefficient (Wildman–Crippen LogP) is 3.51. The summed E-state index contributed by atoms with van der Waals surface area (Å²) in [6, 6.07) is 5.13. The van der Waals surface area contributed by atoms with Crippen LogP contribution in [0.3, 0.4) is 0 Å². The van der Waals surface area contributed by atoms with Crippen molar-refractivity contribution in [2.45, 2.75) is 46.7 Å². The number of carbonyl (C=O) groups is 1. The number of fused-ring (bicyclic) bond motifs is 1. The molecule has 1 aromatic carbocycles. The molecule has 0 radical (unpaired) electrons. The molecule has 1 atom stereocenters. The van der Waals surface area contributed by atoms with Crippen LogP contribution in [0.1, 0.15) is 37.0 Å². The molecule has 3 heterocycles. The maximum atomic E-state index is 13.4. The third-order valence-corrected chi connectivity index (χ3v) is 5.31. The van der Waals surface area contributed by atoms with E-state index in [0.29, 0.717) is 18.4 Å². The van der Waals surface area contributed by atoms with Gasteiger partial charge in [-0.3, -0.25) is 9.78 Å². The molecule has 7 nitrogen and oxygen atoms in total. The average Bonchev–Trinajstić information content (AvgIpc) is 3.12. The van der Waals surface area contributed by atoms with Crippen LogP contribution in [0.5, 0.6) is 0 Å². The van der Waals surface area contributed by atoms with Crippen LogP contribution in [0, 0.1) is 18.6 Å². The predicted molar refractivity (Wildman–Crippen MR) is 115 cm³/mol. The van der Waals surface area contributed by atoms with Gasteiger partial charge < -0.3 is 10.2 Å². The van der Waals surface area contributed by atoms with E-state index in [-0.39, 0.29) is 25.9 Å². The van der Waals surface area contributed by atoms with E-state index >= 15 is 0 Å². The highest BCUT2D eigenvalue weighted by molar-refractivity contribution is 6.03. The van der Waals surface area contributed by atoms with Crippen molar-refractivity contribution in [2.75, 3.05) is 17.3 Å². The number of amides is 1.